The number of anilines is 4. The molecule has 3 aromatic rings. The topological polar surface area (TPSA) is 96.0 Å². The van der Waals surface area contributed by atoms with E-state index in [4.69, 9.17) is 0 Å². The Hall–Kier alpha value is -3.74. The van der Waals surface area contributed by atoms with Gasteiger partial charge in [0.25, 0.3) is 5.91 Å². The van der Waals surface area contributed by atoms with E-state index < -0.39 is 0 Å². The molecule has 0 radical (unpaired) electrons. The van der Waals surface area contributed by atoms with Crippen LogP contribution in [0.4, 0.5) is 22.9 Å². The van der Waals surface area contributed by atoms with Gasteiger partial charge in [0.2, 0.25) is 5.91 Å². The molecule has 0 fully saturated rings. The first-order valence-corrected chi connectivity index (χ1v) is 8.93. The molecular weight excluding hydrogens is 354 g/mol. The molecule has 0 spiro atoms. The van der Waals surface area contributed by atoms with E-state index in [1.54, 1.807) is 36.4 Å². The van der Waals surface area contributed by atoms with Crippen molar-refractivity contribution in [3.63, 3.8) is 0 Å². The third-order valence-electron chi connectivity index (χ3n) is 4.02. The lowest BCUT2D eigenvalue weighted by molar-refractivity contribution is -0.114. The van der Waals surface area contributed by atoms with Gasteiger partial charge in [0.05, 0.1) is 0 Å². The molecule has 0 aliphatic heterocycles. The largest absolute Gasteiger partial charge is 0.339 e. The van der Waals surface area contributed by atoms with Crippen LogP contribution in [-0.4, -0.2) is 22.0 Å². The number of para-hydroxylation sites is 1. The van der Waals surface area contributed by atoms with Gasteiger partial charge in [-0.05, 0) is 54.4 Å². The van der Waals surface area contributed by atoms with Crippen LogP contribution >= 0.6 is 0 Å². The van der Waals surface area contributed by atoms with Crippen molar-refractivity contribution in [2.24, 2.45) is 0 Å². The Balaban J connectivity index is 1.64. The highest BCUT2D eigenvalue weighted by Gasteiger charge is 2.09. The average Bonchev–Trinajstić information content (AvgIpc) is 2.70. The Labute approximate surface area is 163 Å². The molecule has 1 heterocycles. The predicted octanol–water partition coefficient (Wildman–Crippen LogP) is 3.99. The summed E-state index contributed by atoms with van der Waals surface area (Å²) in [4.78, 5) is 23.4. The number of hydrogen-bond donors (Lipinski definition) is 3. The van der Waals surface area contributed by atoms with Crippen LogP contribution in [0.2, 0.25) is 0 Å². The molecular formula is C21H21N5O2. The third-order valence-corrected chi connectivity index (χ3v) is 4.02. The summed E-state index contributed by atoms with van der Waals surface area (Å²) in [5.74, 6) is 0.0553. The normalized spacial score (nSPS) is 10.2. The molecule has 1 aromatic heterocycles. The van der Waals surface area contributed by atoms with E-state index in [1.165, 1.54) is 12.5 Å². The van der Waals surface area contributed by atoms with Gasteiger partial charge in [-0.25, -0.2) is 0 Å². The SMILES string of the molecule is CCc1ccccc1Nc1ccc(C(=O)Nc2ccc(NC(C)=O)cc2)nn1. The van der Waals surface area contributed by atoms with E-state index in [9.17, 15) is 9.59 Å². The number of carbonyl (C=O) groups is 2. The van der Waals surface area contributed by atoms with Gasteiger partial charge in [-0.2, -0.15) is 0 Å². The summed E-state index contributed by atoms with van der Waals surface area (Å²) in [6.07, 6.45) is 0.901. The van der Waals surface area contributed by atoms with Crippen molar-refractivity contribution in [1.82, 2.24) is 10.2 Å². The van der Waals surface area contributed by atoms with Crippen LogP contribution in [0, 0.1) is 0 Å². The second-order valence-corrected chi connectivity index (χ2v) is 6.15. The summed E-state index contributed by atoms with van der Waals surface area (Å²) >= 11 is 0. The fourth-order valence-corrected chi connectivity index (χ4v) is 2.64. The summed E-state index contributed by atoms with van der Waals surface area (Å²) in [5.41, 5.74) is 3.61. The van der Waals surface area contributed by atoms with Crippen molar-refractivity contribution in [2.45, 2.75) is 20.3 Å². The third kappa shape index (κ3) is 4.91. The quantitative estimate of drug-likeness (QED) is 0.605. The van der Waals surface area contributed by atoms with Gasteiger partial charge in [0.15, 0.2) is 11.5 Å². The fraction of sp³-hybridized carbons (Fsp3) is 0.143. The van der Waals surface area contributed by atoms with Gasteiger partial charge >= 0.3 is 0 Å². The number of benzene rings is 2. The maximum atomic E-state index is 12.3. The summed E-state index contributed by atoms with van der Waals surface area (Å²) in [6, 6.07) is 18.1. The smallest absolute Gasteiger partial charge is 0.276 e. The van der Waals surface area contributed by atoms with Crippen molar-refractivity contribution >= 4 is 34.7 Å². The number of rotatable bonds is 6. The van der Waals surface area contributed by atoms with Gasteiger partial charge in [-0.1, -0.05) is 25.1 Å². The zero-order chi connectivity index (χ0) is 19.9. The Kier molecular flexibility index (Phi) is 5.96. The summed E-state index contributed by atoms with van der Waals surface area (Å²) < 4.78 is 0. The number of aromatic nitrogens is 2. The van der Waals surface area contributed by atoms with Crippen molar-refractivity contribution in [3.8, 4) is 0 Å². The van der Waals surface area contributed by atoms with Crippen molar-refractivity contribution < 1.29 is 9.59 Å². The fourth-order valence-electron chi connectivity index (χ4n) is 2.64. The molecule has 0 saturated heterocycles. The van der Waals surface area contributed by atoms with Gasteiger partial charge < -0.3 is 16.0 Å². The summed E-state index contributed by atoms with van der Waals surface area (Å²) in [5, 5.41) is 16.7. The molecule has 0 aliphatic rings. The van der Waals surface area contributed by atoms with Gasteiger partial charge in [0, 0.05) is 24.0 Å². The predicted molar refractivity (Wildman–Crippen MR) is 110 cm³/mol. The van der Waals surface area contributed by atoms with Crippen LogP contribution in [0.15, 0.2) is 60.7 Å². The van der Waals surface area contributed by atoms with Crippen LogP contribution in [-0.2, 0) is 11.2 Å². The maximum absolute atomic E-state index is 12.3. The highest BCUT2D eigenvalue weighted by Crippen LogP contribution is 2.20. The van der Waals surface area contributed by atoms with Crippen molar-refractivity contribution in [1.29, 1.82) is 0 Å². The first-order valence-electron chi connectivity index (χ1n) is 8.93. The van der Waals surface area contributed by atoms with E-state index >= 15 is 0 Å². The Morgan fingerprint density at radius 3 is 2.14 bits per heavy atom. The lowest BCUT2D eigenvalue weighted by Crippen LogP contribution is -2.14. The van der Waals surface area contributed by atoms with E-state index in [-0.39, 0.29) is 17.5 Å². The lowest BCUT2D eigenvalue weighted by atomic mass is 10.1. The number of hydrogen-bond acceptors (Lipinski definition) is 5. The number of nitrogens with one attached hydrogen (secondary N) is 3. The van der Waals surface area contributed by atoms with Crippen LogP contribution in [0.1, 0.15) is 29.9 Å². The van der Waals surface area contributed by atoms with Crippen LogP contribution in [0.5, 0.6) is 0 Å². The van der Waals surface area contributed by atoms with Crippen LogP contribution < -0.4 is 16.0 Å². The second kappa shape index (κ2) is 8.77. The van der Waals surface area contributed by atoms with Gasteiger partial charge in [-0.3, -0.25) is 9.59 Å². The summed E-state index contributed by atoms with van der Waals surface area (Å²) in [6.45, 7) is 3.52. The monoisotopic (exact) mass is 375 g/mol. The molecule has 2 amide bonds. The van der Waals surface area contributed by atoms with E-state index in [1.807, 2.05) is 18.2 Å². The molecule has 142 valence electrons. The lowest BCUT2D eigenvalue weighted by Gasteiger charge is -2.10. The molecule has 7 heteroatoms. The zero-order valence-corrected chi connectivity index (χ0v) is 15.7. The molecule has 2 aromatic carbocycles. The molecule has 0 aliphatic carbocycles. The second-order valence-electron chi connectivity index (χ2n) is 6.15. The molecule has 28 heavy (non-hydrogen) atoms. The Bertz CT molecular complexity index is 969. The number of aryl methyl sites for hydroxylation is 1. The van der Waals surface area contributed by atoms with Crippen molar-refractivity contribution in [2.75, 3.05) is 16.0 Å². The Morgan fingerprint density at radius 2 is 1.54 bits per heavy atom. The molecule has 7 nitrogen and oxygen atoms in total. The summed E-state index contributed by atoms with van der Waals surface area (Å²) in [7, 11) is 0. The van der Waals surface area contributed by atoms with Crippen LogP contribution in [0.25, 0.3) is 0 Å². The first-order chi connectivity index (χ1) is 13.5. The van der Waals surface area contributed by atoms with Crippen molar-refractivity contribution in [3.05, 3.63) is 71.9 Å². The minimum Gasteiger partial charge on any atom is -0.339 e. The molecule has 0 unspecified atom stereocenters. The van der Waals surface area contributed by atoms with Gasteiger partial charge in [-0.15, -0.1) is 10.2 Å². The minimum atomic E-state index is -0.361. The Morgan fingerprint density at radius 1 is 0.857 bits per heavy atom. The van der Waals surface area contributed by atoms with E-state index in [0.29, 0.717) is 17.2 Å². The highest BCUT2D eigenvalue weighted by molar-refractivity contribution is 6.03. The van der Waals surface area contributed by atoms with Crippen LogP contribution in [0.3, 0.4) is 0 Å². The number of amides is 2. The molecule has 0 atom stereocenters. The molecule has 3 rings (SSSR count). The zero-order valence-electron chi connectivity index (χ0n) is 15.7. The molecule has 3 N–H and O–H groups in total. The van der Waals surface area contributed by atoms with E-state index in [2.05, 4.69) is 39.1 Å². The van der Waals surface area contributed by atoms with E-state index in [0.717, 1.165) is 12.1 Å². The minimum absolute atomic E-state index is 0.151. The highest BCUT2D eigenvalue weighted by atomic mass is 16.2. The number of carbonyl (C=O) groups excluding carboxylic acids is 2. The number of nitrogens with zero attached hydrogens (tertiary/aromatic N) is 2. The standard InChI is InChI=1S/C21H21N5O2/c1-3-15-6-4-5-7-18(15)24-20-13-12-19(25-26-20)21(28)23-17-10-8-16(9-11-17)22-14(2)27/h4-13H,3H2,1-2H3,(H,22,27)(H,23,28)(H,24,26). The average molecular weight is 375 g/mol. The van der Waals surface area contributed by atoms with Gasteiger partial charge in [0.1, 0.15) is 0 Å². The maximum Gasteiger partial charge on any atom is 0.276 e. The molecule has 0 saturated carbocycles. The first kappa shape index (κ1) is 19.0. The molecule has 0 bridgehead atoms.